The molecule has 5 nitrogen and oxygen atoms in total. The number of aryl methyl sites for hydroxylation is 1. The van der Waals surface area contributed by atoms with Crippen LogP contribution in [0, 0.1) is 17.0 Å². The Balaban J connectivity index is 2.35. The molecule has 1 heterocycles. The Morgan fingerprint density at radius 3 is 2.90 bits per heavy atom. The summed E-state index contributed by atoms with van der Waals surface area (Å²) in [6.45, 7) is 6.82. The summed E-state index contributed by atoms with van der Waals surface area (Å²) in [5.74, 6) is 0. The molecule has 0 amide bonds. The Bertz CT molecular complexity index is 470. The molecule has 1 aliphatic rings. The van der Waals surface area contributed by atoms with Gasteiger partial charge in [-0.25, -0.2) is 0 Å². The van der Waals surface area contributed by atoms with E-state index in [-0.39, 0.29) is 10.6 Å². The van der Waals surface area contributed by atoms with Gasteiger partial charge in [0.25, 0.3) is 5.69 Å². The van der Waals surface area contributed by atoms with Crippen LogP contribution in [0.4, 0.5) is 11.4 Å². The molecule has 1 aromatic rings. The average Bonchev–Trinajstić information content (AvgIpc) is 2.46. The van der Waals surface area contributed by atoms with Gasteiger partial charge in [0.2, 0.25) is 0 Å². The van der Waals surface area contributed by atoms with Crippen molar-refractivity contribution in [2.75, 3.05) is 24.5 Å². The van der Waals surface area contributed by atoms with Gasteiger partial charge >= 0.3 is 0 Å². The average molecular weight is 277 g/mol. The van der Waals surface area contributed by atoms with Crippen molar-refractivity contribution in [3.63, 3.8) is 0 Å². The molecule has 1 aliphatic heterocycles. The molecule has 1 saturated heterocycles. The highest BCUT2D eigenvalue weighted by atomic mass is 16.6. The fourth-order valence-electron chi connectivity index (χ4n) is 2.86. The molecule has 110 valence electrons. The van der Waals surface area contributed by atoms with Crippen LogP contribution in [-0.4, -0.2) is 30.6 Å². The van der Waals surface area contributed by atoms with Gasteiger partial charge in [-0.15, -0.1) is 0 Å². The van der Waals surface area contributed by atoms with Crippen molar-refractivity contribution in [1.29, 1.82) is 0 Å². The lowest BCUT2D eigenvalue weighted by atomic mass is 10.0. The maximum absolute atomic E-state index is 11.3. The predicted octanol–water partition coefficient (Wildman–Crippen LogP) is 2.87. The zero-order chi connectivity index (χ0) is 14.5. The van der Waals surface area contributed by atoms with E-state index in [2.05, 4.69) is 17.1 Å². The molecule has 0 spiro atoms. The van der Waals surface area contributed by atoms with Crippen LogP contribution >= 0.6 is 0 Å². The highest BCUT2D eigenvalue weighted by Crippen LogP contribution is 2.31. The first kappa shape index (κ1) is 14.8. The summed E-state index contributed by atoms with van der Waals surface area (Å²) in [6.07, 6.45) is 3.21. The third kappa shape index (κ3) is 3.28. The molecule has 0 saturated carbocycles. The first-order chi connectivity index (χ1) is 9.63. The normalized spacial score (nSPS) is 18.8. The number of rotatable bonds is 5. The van der Waals surface area contributed by atoms with Crippen LogP contribution < -0.4 is 10.2 Å². The van der Waals surface area contributed by atoms with Crippen LogP contribution in [-0.2, 0) is 0 Å². The van der Waals surface area contributed by atoms with Gasteiger partial charge in [0.05, 0.1) is 4.92 Å². The summed E-state index contributed by atoms with van der Waals surface area (Å²) >= 11 is 0. The number of benzene rings is 1. The van der Waals surface area contributed by atoms with E-state index in [1.165, 1.54) is 0 Å². The molecule has 5 heteroatoms. The molecule has 0 bridgehead atoms. The minimum absolute atomic E-state index is 0.226. The number of nitrogens with one attached hydrogen (secondary N) is 1. The molecule has 20 heavy (non-hydrogen) atoms. The maximum Gasteiger partial charge on any atom is 0.292 e. The SMILES string of the molecule is CCCN(c1ccc(C)cc1[N+](=O)[O-])C1CCCNC1. The van der Waals surface area contributed by atoms with E-state index in [1.54, 1.807) is 6.07 Å². The van der Waals surface area contributed by atoms with E-state index in [4.69, 9.17) is 0 Å². The number of hydrogen-bond acceptors (Lipinski definition) is 4. The second kappa shape index (κ2) is 6.70. The molecule has 0 aromatic heterocycles. The molecule has 0 aliphatic carbocycles. The number of hydrogen-bond donors (Lipinski definition) is 1. The minimum atomic E-state index is -0.263. The van der Waals surface area contributed by atoms with Gasteiger partial charge in [-0.3, -0.25) is 10.1 Å². The standard InChI is InChI=1S/C15H23N3O2/c1-3-9-17(13-5-4-8-16-11-13)14-7-6-12(2)10-15(14)18(19)20/h6-7,10,13,16H,3-5,8-9,11H2,1-2H3. The van der Waals surface area contributed by atoms with E-state index in [0.29, 0.717) is 6.04 Å². The molecule has 0 radical (unpaired) electrons. The second-order valence-electron chi connectivity index (χ2n) is 5.44. The van der Waals surface area contributed by atoms with Crippen LogP contribution in [0.2, 0.25) is 0 Å². The lowest BCUT2D eigenvalue weighted by Gasteiger charge is -2.36. The molecule has 1 N–H and O–H groups in total. The van der Waals surface area contributed by atoms with Gasteiger partial charge < -0.3 is 10.2 Å². The van der Waals surface area contributed by atoms with Crippen LogP contribution in [0.15, 0.2) is 18.2 Å². The topological polar surface area (TPSA) is 58.4 Å². The number of nitrogens with zero attached hydrogens (tertiary/aromatic N) is 2. The van der Waals surface area contributed by atoms with Crippen molar-refractivity contribution in [2.24, 2.45) is 0 Å². The smallest absolute Gasteiger partial charge is 0.292 e. The Kier molecular flexibility index (Phi) is 4.95. The lowest BCUT2D eigenvalue weighted by molar-refractivity contribution is -0.384. The predicted molar refractivity (Wildman–Crippen MR) is 81.4 cm³/mol. The van der Waals surface area contributed by atoms with Crippen molar-refractivity contribution in [1.82, 2.24) is 5.32 Å². The van der Waals surface area contributed by atoms with Gasteiger partial charge in [-0.2, -0.15) is 0 Å². The fraction of sp³-hybridized carbons (Fsp3) is 0.600. The Hall–Kier alpha value is -1.62. The van der Waals surface area contributed by atoms with Gasteiger partial charge in [0.1, 0.15) is 5.69 Å². The molecule has 1 unspecified atom stereocenters. The first-order valence-electron chi connectivity index (χ1n) is 7.36. The quantitative estimate of drug-likeness (QED) is 0.664. The summed E-state index contributed by atoms with van der Waals surface area (Å²) in [4.78, 5) is 13.3. The molecule has 2 rings (SSSR count). The summed E-state index contributed by atoms with van der Waals surface area (Å²) in [5.41, 5.74) is 1.92. The first-order valence-corrected chi connectivity index (χ1v) is 7.36. The van der Waals surface area contributed by atoms with E-state index >= 15 is 0 Å². The van der Waals surface area contributed by atoms with Crippen molar-refractivity contribution < 1.29 is 4.92 Å². The van der Waals surface area contributed by atoms with Gasteiger partial charge in [-0.1, -0.05) is 13.0 Å². The van der Waals surface area contributed by atoms with Crippen LogP contribution in [0.5, 0.6) is 0 Å². The zero-order valence-corrected chi connectivity index (χ0v) is 12.3. The van der Waals surface area contributed by atoms with Crippen molar-refractivity contribution in [3.8, 4) is 0 Å². The summed E-state index contributed by atoms with van der Waals surface area (Å²) in [5, 5.41) is 14.7. The Morgan fingerprint density at radius 1 is 1.50 bits per heavy atom. The van der Waals surface area contributed by atoms with Crippen LogP contribution in [0.3, 0.4) is 0 Å². The van der Waals surface area contributed by atoms with E-state index in [9.17, 15) is 10.1 Å². The molecular weight excluding hydrogens is 254 g/mol. The van der Waals surface area contributed by atoms with E-state index < -0.39 is 0 Å². The van der Waals surface area contributed by atoms with E-state index in [1.807, 2.05) is 19.1 Å². The summed E-state index contributed by atoms with van der Waals surface area (Å²) in [6, 6.07) is 5.89. The number of nitro groups is 1. The van der Waals surface area contributed by atoms with Crippen LogP contribution in [0.25, 0.3) is 0 Å². The van der Waals surface area contributed by atoms with Crippen molar-refractivity contribution in [2.45, 2.75) is 39.2 Å². The Morgan fingerprint density at radius 2 is 2.30 bits per heavy atom. The molecular formula is C15H23N3O2. The van der Waals surface area contributed by atoms with Gasteiger partial charge in [0.15, 0.2) is 0 Å². The third-order valence-corrected chi connectivity index (χ3v) is 3.81. The molecule has 1 fully saturated rings. The summed E-state index contributed by atoms with van der Waals surface area (Å²) < 4.78 is 0. The van der Waals surface area contributed by atoms with Crippen molar-refractivity contribution in [3.05, 3.63) is 33.9 Å². The number of anilines is 1. The van der Waals surface area contributed by atoms with Crippen LogP contribution in [0.1, 0.15) is 31.7 Å². The van der Waals surface area contributed by atoms with E-state index in [0.717, 1.165) is 50.1 Å². The highest BCUT2D eigenvalue weighted by molar-refractivity contribution is 5.65. The number of piperidine rings is 1. The Labute approximate surface area is 120 Å². The van der Waals surface area contributed by atoms with Gasteiger partial charge in [-0.05, 0) is 44.4 Å². The maximum atomic E-state index is 11.3. The molecule has 1 atom stereocenters. The van der Waals surface area contributed by atoms with Crippen molar-refractivity contribution >= 4 is 11.4 Å². The third-order valence-electron chi connectivity index (χ3n) is 3.81. The second-order valence-corrected chi connectivity index (χ2v) is 5.44. The van der Waals surface area contributed by atoms with Gasteiger partial charge in [0, 0.05) is 25.2 Å². The highest BCUT2D eigenvalue weighted by Gasteiger charge is 2.26. The largest absolute Gasteiger partial charge is 0.362 e. The monoisotopic (exact) mass is 277 g/mol. The minimum Gasteiger partial charge on any atom is -0.362 e. The zero-order valence-electron chi connectivity index (χ0n) is 12.3. The lowest BCUT2D eigenvalue weighted by Crippen LogP contribution is -2.46. The number of nitro benzene ring substituents is 1. The summed E-state index contributed by atoms with van der Waals surface area (Å²) in [7, 11) is 0. The molecule has 1 aromatic carbocycles. The fourth-order valence-corrected chi connectivity index (χ4v) is 2.86.